The van der Waals surface area contributed by atoms with E-state index in [1.54, 1.807) is 12.1 Å². The maximum Gasteiger partial charge on any atom is 0.123 e. The zero-order valence-corrected chi connectivity index (χ0v) is 12.0. The zero-order chi connectivity index (χ0) is 13.0. The van der Waals surface area contributed by atoms with Crippen LogP contribution < -0.4 is 11.3 Å². The minimum absolute atomic E-state index is 0.190. The molecule has 0 radical (unpaired) electrons. The van der Waals surface area contributed by atoms with Crippen LogP contribution in [0.25, 0.3) is 0 Å². The van der Waals surface area contributed by atoms with E-state index in [2.05, 4.69) is 21.4 Å². The van der Waals surface area contributed by atoms with E-state index in [0.29, 0.717) is 0 Å². The highest BCUT2D eigenvalue weighted by atomic mass is 79.9. The van der Waals surface area contributed by atoms with Crippen LogP contribution in [0.5, 0.6) is 0 Å². The minimum Gasteiger partial charge on any atom is -0.271 e. The topological polar surface area (TPSA) is 38.0 Å². The van der Waals surface area contributed by atoms with Crippen molar-refractivity contribution in [2.75, 3.05) is 0 Å². The number of benzene rings is 1. The lowest BCUT2D eigenvalue weighted by atomic mass is 9.94. The Kier molecular flexibility index (Phi) is 5.15. The van der Waals surface area contributed by atoms with E-state index in [4.69, 9.17) is 5.84 Å². The molecule has 0 saturated heterocycles. The van der Waals surface area contributed by atoms with Crippen LogP contribution in [0.4, 0.5) is 4.39 Å². The molecule has 0 aliphatic heterocycles. The molecule has 2 nitrogen and oxygen atoms in total. The van der Waals surface area contributed by atoms with E-state index in [1.807, 2.05) is 0 Å². The Labute approximate surface area is 116 Å². The first-order valence-corrected chi connectivity index (χ1v) is 7.38. The average molecular weight is 315 g/mol. The maximum absolute atomic E-state index is 13.2. The molecule has 2 rings (SSSR count). The van der Waals surface area contributed by atoms with Crippen molar-refractivity contribution in [3.63, 3.8) is 0 Å². The number of hydrogen-bond acceptors (Lipinski definition) is 2. The fourth-order valence-electron chi connectivity index (χ4n) is 2.82. The molecule has 0 aromatic heterocycles. The van der Waals surface area contributed by atoms with Gasteiger partial charge in [0.1, 0.15) is 5.82 Å². The summed E-state index contributed by atoms with van der Waals surface area (Å²) in [5.41, 5.74) is 3.86. The van der Waals surface area contributed by atoms with Crippen molar-refractivity contribution in [3.8, 4) is 0 Å². The van der Waals surface area contributed by atoms with Gasteiger partial charge in [0, 0.05) is 10.5 Å². The molecule has 1 aliphatic rings. The van der Waals surface area contributed by atoms with Crippen LogP contribution in [-0.2, 0) is 6.42 Å². The van der Waals surface area contributed by atoms with Crippen molar-refractivity contribution in [1.82, 2.24) is 5.43 Å². The van der Waals surface area contributed by atoms with Crippen LogP contribution >= 0.6 is 15.9 Å². The Bertz CT molecular complexity index is 391. The fraction of sp³-hybridized carbons (Fsp3) is 0.571. The lowest BCUT2D eigenvalue weighted by molar-refractivity contribution is 0.389. The minimum atomic E-state index is -0.190. The van der Waals surface area contributed by atoms with E-state index < -0.39 is 0 Å². The Hall–Kier alpha value is -0.450. The third-order valence-corrected chi connectivity index (χ3v) is 4.58. The largest absolute Gasteiger partial charge is 0.271 e. The summed E-state index contributed by atoms with van der Waals surface area (Å²) in [5, 5.41) is 0. The molecule has 0 heterocycles. The van der Waals surface area contributed by atoms with Crippen LogP contribution in [0.1, 0.15) is 37.7 Å². The smallest absolute Gasteiger partial charge is 0.123 e. The SMILES string of the molecule is NNC(Cc1cc(F)ccc1Br)CC1CCCC1. The predicted molar refractivity (Wildman–Crippen MR) is 75.5 cm³/mol. The van der Waals surface area contributed by atoms with Gasteiger partial charge in [0.2, 0.25) is 0 Å². The van der Waals surface area contributed by atoms with Crippen molar-refractivity contribution >= 4 is 15.9 Å². The standard InChI is InChI=1S/C14H20BrFN2/c15-14-6-5-12(16)8-11(14)9-13(18-17)7-10-3-1-2-4-10/h5-6,8,10,13,18H,1-4,7,9,17H2. The summed E-state index contributed by atoms with van der Waals surface area (Å²) in [7, 11) is 0. The molecule has 4 heteroatoms. The van der Waals surface area contributed by atoms with Gasteiger partial charge in [0.25, 0.3) is 0 Å². The molecular weight excluding hydrogens is 295 g/mol. The summed E-state index contributed by atoms with van der Waals surface area (Å²) in [5.74, 6) is 6.21. The van der Waals surface area contributed by atoms with E-state index >= 15 is 0 Å². The summed E-state index contributed by atoms with van der Waals surface area (Å²) >= 11 is 3.47. The molecule has 100 valence electrons. The first kappa shape index (κ1) is 14.0. The van der Waals surface area contributed by atoms with Crippen LogP contribution in [0.2, 0.25) is 0 Å². The molecule has 3 N–H and O–H groups in total. The average Bonchev–Trinajstić information content (AvgIpc) is 2.85. The predicted octanol–water partition coefficient (Wildman–Crippen LogP) is 3.54. The molecule has 1 saturated carbocycles. The van der Waals surface area contributed by atoms with Gasteiger partial charge < -0.3 is 0 Å². The molecule has 1 aromatic rings. The second kappa shape index (κ2) is 6.64. The second-order valence-electron chi connectivity index (χ2n) is 5.19. The summed E-state index contributed by atoms with van der Waals surface area (Å²) in [4.78, 5) is 0. The summed E-state index contributed by atoms with van der Waals surface area (Å²) in [6.45, 7) is 0. The highest BCUT2D eigenvalue weighted by Crippen LogP contribution is 2.30. The van der Waals surface area contributed by atoms with Gasteiger partial charge >= 0.3 is 0 Å². The van der Waals surface area contributed by atoms with E-state index in [0.717, 1.165) is 28.8 Å². The van der Waals surface area contributed by atoms with Crippen LogP contribution in [-0.4, -0.2) is 6.04 Å². The van der Waals surface area contributed by atoms with Gasteiger partial charge in [-0.2, -0.15) is 0 Å². The molecular formula is C14H20BrFN2. The first-order valence-electron chi connectivity index (χ1n) is 6.59. The molecule has 0 bridgehead atoms. The normalized spacial score (nSPS) is 18.2. The fourth-order valence-corrected chi connectivity index (χ4v) is 3.23. The monoisotopic (exact) mass is 314 g/mol. The van der Waals surface area contributed by atoms with Crippen LogP contribution in [0, 0.1) is 11.7 Å². The van der Waals surface area contributed by atoms with Gasteiger partial charge in [0.05, 0.1) is 0 Å². The Morgan fingerprint density at radius 2 is 2.11 bits per heavy atom. The number of hydrogen-bond donors (Lipinski definition) is 2. The molecule has 0 spiro atoms. The van der Waals surface area contributed by atoms with Gasteiger partial charge in [-0.15, -0.1) is 0 Å². The van der Waals surface area contributed by atoms with E-state index in [1.165, 1.54) is 31.7 Å². The summed E-state index contributed by atoms with van der Waals surface area (Å²) in [6, 6.07) is 5.04. The zero-order valence-electron chi connectivity index (χ0n) is 10.5. The lowest BCUT2D eigenvalue weighted by Gasteiger charge is -2.20. The molecule has 0 amide bonds. The molecule has 18 heavy (non-hydrogen) atoms. The highest BCUT2D eigenvalue weighted by molar-refractivity contribution is 9.10. The molecule has 1 unspecified atom stereocenters. The molecule has 1 aliphatic carbocycles. The van der Waals surface area contributed by atoms with Crippen molar-refractivity contribution in [2.24, 2.45) is 11.8 Å². The van der Waals surface area contributed by atoms with Gasteiger partial charge in [-0.05, 0) is 42.5 Å². The summed E-state index contributed by atoms with van der Waals surface area (Å²) < 4.78 is 14.2. The molecule has 1 atom stereocenters. The van der Waals surface area contributed by atoms with Crippen LogP contribution in [0.15, 0.2) is 22.7 Å². The van der Waals surface area contributed by atoms with E-state index in [9.17, 15) is 4.39 Å². The third-order valence-electron chi connectivity index (χ3n) is 3.80. The lowest BCUT2D eigenvalue weighted by Crippen LogP contribution is -2.38. The Balaban J connectivity index is 1.98. The highest BCUT2D eigenvalue weighted by Gasteiger charge is 2.20. The number of hydrazine groups is 1. The van der Waals surface area contributed by atoms with Crippen molar-refractivity contribution in [1.29, 1.82) is 0 Å². The number of rotatable bonds is 5. The van der Waals surface area contributed by atoms with Gasteiger partial charge in [-0.1, -0.05) is 41.6 Å². The molecule has 1 fully saturated rings. The van der Waals surface area contributed by atoms with Crippen LogP contribution in [0.3, 0.4) is 0 Å². The number of nitrogens with two attached hydrogens (primary N) is 1. The maximum atomic E-state index is 13.2. The van der Waals surface area contributed by atoms with Crippen molar-refractivity contribution in [2.45, 2.75) is 44.6 Å². The Morgan fingerprint density at radius 1 is 1.39 bits per heavy atom. The first-order chi connectivity index (χ1) is 8.69. The quantitative estimate of drug-likeness (QED) is 0.644. The van der Waals surface area contributed by atoms with Crippen molar-refractivity contribution < 1.29 is 4.39 Å². The van der Waals surface area contributed by atoms with Gasteiger partial charge in [-0.25, -0.2) is 4.39 Å². The van der Waals surface area contributed by atoms with Gasteiger partial charge in [-0.3, -0.25) is 11.3 Å². The second-order valence-corrected chi connectivity index (χ2v) is 6.04. The summed E-state index contributed by atoms with van der Waals surface area (Å²) in [6.07, 6.45) is 7.15. The van der Waals surface area contributed by atoms with E-state index in [-0.39, 0.29) is 11.9 Å². The number of nitrogens with one attached hydrogen (secondary N) is 1. The third kappa shape index (κ3) is 3.77. The molecule has 1 aromatic carbocycles. The Morgan fingerprint density at radius 3 is 2.78 bits per heavy atom. The van der Waals surface area contributed by atoms with Crippen molar-refractivity contribution in [3.05, 3.63) is 34.1 Å². The van der Waals surface area contributed by atoms with Gasteiger partial charge in [0.15, 0.2) is 0 Å². The number of halogens is 2.